The van der Waals surface area contributed by atoms with Gasteiger partial charge in [-0.1, -0.05) is 32.3 Å². The van der Waals surface area contributed by atoms with Crippen molar-refractivity contribution < 1.29 is 120 Å². The minimum atomic E-state index is -5.41. The Morgan fingerprint density at radius 3 is 1.58 bits per heavy atom. The van der Waals surface area contributed by atoms with E-state index in [0.29, 0.717) is 25.2 Å². The zero-order chi connectivity index (χ0) is 57.4. The van der Waals surface area contributed by atoms with Crippen LogP contribution in [-0.4, -0.2) is 238 Å². The Morgan fingerprint density at radius 2 is 1.08 bits per heavy atom. The van der Waals surface area contributed by atoms with E-state index in [1.165, 1.54) is 18.6 Å². The van der Waals surface area contributed by atoms with Gasteiger partial charge in [0.05, 0.1) is 33.0 Å². The molecule has 0 radical (unpaired) electrons. The van der Waals surface area contributed by atoms with E-state index in [9.17, 15) is 78.1 Å². The molecule has 0 aromatic heterocycles. The summed E-state index contributed by atoms with van der Waals surface area (Å²) in [6.07, 6.45) is -23.2. The van der Waals surface area contributed by atoms with E-state index in [-0.39, 0.29) is 5.56 Å². The lowest BCUT2D eigenvalue weighted by Crippen LogP contribution is -2.71. The number of nitrogens with one attached hydrogen (secondary N) is 4. The van der Waals surface area contributed by atoms with Crippen LogP contribution < -0.4 is 26.0 Å². The molecule has 0 saturated carbocycles. The Balaban J connectivity index is 1.35. The van der Waals surface area contributed by atoms with E-state index in [2.05, 4.69) is 44.2 Å². The van der Waals surface area contributed by atoms with Crippen LogP contribution in [0.1, 0.15) is 83.0 Å². The number of hydrogen-bond acceptors (Lipinski definition) is 25. The average molecular weight is 1140 g/mol. The zero-order valence-electron chi connectivity index (χ0n) is 43.3. The number of carbonyl (C=O) groups is 4. The van der Waals surface area contributed by atoms with Crippen LogP contribution >= 0.6 is 0 Å². The highest BCUT2D eigenvalue weighted by molar-refractivity contribution is 7.80. The van der Waals surface area contributed by atoms with Crippen molar-refractivity contribution in [3.8, 4) is 17.6 Å². The van der Waals surface area contributed by atoms with E-state index in [4.69, 9.17) is 37.9 Å². The van der Waals surface area contributed by atoms with Crippen molar-refractivity contribution in [3.05, 3.63) is 29.8 Å². The molecule has 13 N–H and O–H groups in total. The van der Waals surface area contributed by atoms with Gasteiger partial charge in [0.25, 0.3) is 5.91 Å². The van der Waals surface area contributed by atoms with Gasteiger partial charge in [-0.05, 0) is 31.0 Å². The Kier molecular flexibility index (Phi) is 25.2. The van der Waals surface area contributed by atoms with Crippen molar-refractivity contribution in [1.29, 1.82) is 0 Å². The fourth-order valence-electron chi connectivity index (χ4n) is 9.20. The van der Waals surface area contributed by atoms with Crippen LogP contribution in [0.15, 0.2) is 24.3 Å². The molecule has 4 fully saturated rings. The van der Waals surface area contributed by atoms with Gasteiger partial charge < -0.3 is 110 Å². The Labute approximate surface area is 450 Å². The first-order chi connectivity index (χ1) is 37.0. The molecule has 0 aliphatic carbocycles. The fraction of sp³-hybridized carbons (Fsp3) is 0.750. The molecule has 5 rings (SSSR count). The fourth-order valence-corrected chi connectivity index (χ4v) is 9.50. The van der Waals surface area contributed by atoms with E-state index in [1.807, 2.05) is 0 Å². The number of ether oxygens (including phenoxy) is 8. The lowest BCUT2D eigenvalue weighted by atomic mass is 9.93. The molecule has 4 aliphatic rings. The highest BCUT2D eigenvalue weighted by Crippen LogP contribution is 2.35. The van der Waals surface area contributed by atoms with Crippen LogP contribution in [0.4, 0.5) is 0 Å². The second-order valence-electron chi connectivity index (χ2n) is 19.0. The lowest BCUT2D eigenvalue weighted by molar-refractivity contribution is -0.361. The van der Waals surface area contributed by atoms with Crippen molar-refractivity contribution in [3.63, 3.8) is 0 Å². The van der Waals surface area contributed by atoms with Gasteiger partial charge in [-0.15, -0.1) is 11.8 Å². The molecule has 4 aliphatic heterocycles. The second-order valence-corrected chi connectivity index (χ2v) is 20.1. The lowest BCUT2D eigenvalue weighted by Gasteiger charge is -2.51. The largest absolute Gasteiger partial charge is 0.726 e. The van der Waals surface area contributed by atoms with Crippen molar-refractivity contribution in [2.75, 3.05) is 33.0 Å². The van der Waals surface area contributed by atoms with E-state index < -0.39 is 183 Å². The summed E-state index contributed by atoms with van der Waals surface area (Å²) in [5.74, 6) is 3.36. The van der Waals surface area contributed by atoms with Crippen LogP contribution in [0.2, 0.25) is 0 Å². The van der Waals surface area contributed by atoms with Crippen LogP contribution in [0.3, 0.4) is 0 Å². The number of benzene rings is 1. The third-order valence-corrected chi connectivity index (χ3v) is 13.5. The van der Waals surface area contributed by atoms with Crippen LogP contribution in [0.25, 0.3) is 0 Å². The number of aliphatic hydroxyl groups is 9. The highest BCUT2D eigenvalue weighted by Gasteiger charge is 2.56. The monoisotopic (exact) mass is 1140 g/mol. The molecular weight excluding hydrogens is 1060 g/mol. The molecule has 0 bridgehead atoms. The zero-order valence-corrected chi connectivity index (χ0v) is 44.1. The number of amides is 4. The molecule has 0 spiro atoms. The maximum absolute atomic E-state index is 13.8. The molecule has 9 unspecified atom stereocenters. The first-order valence-electron chi connectivity index (χ1n) is 25.4. The smallest absolute Gasteiger partial charge is 0.251 e. The van der Waals surface area contributed by atoms with Crippen molar-refractivity contribution in [2.45, 2.75) is 195 Å². The summed E-state index contributed by atoms with van der Waals surface area (Å²) in [7, 11) is -5.41. The Bertz CT molecular complexity index is 2280. The third kappa shape index (κ3) is 17.8. The molecule has 4 heterocycles. The second kappa shape index (κ2) is 30.5. The highest BCUT2D eigenvalue weighted by atomic mass is 32.3. The predicted octanol–water partition coefficient (Wildman–Crippen LogP) is -5.26. The van der Waals surface area contributed by atoms with E-state index >= 15 is 0 Å². The first-order valence-corrected chi connectivity index (χ1v) is 26.8. The summed E-state index contributed by atoms with van der Waals surface area (Å²) < 4.78 is 85.6. The van der Waals surface area contributed by atoms with Crippen molar-refractivity contribution in [2.24, 2.45) is 0 Å². The summed E-state index contributed by atoms with van der Waals surface area (Å²) in [5.41, 5.74) is 0.0426. The van der Waals surface area contributed by atoms with Crippen LogP contribution in [0, 0.1) is 11.8 Å². The molecule has 29 nitrogen and oxygen atoms in total. The third-order valence-electron chi connectivity index (χ3n) is 13.0. The molecular formula is C48H73N4O25S-. The topological polar surface area (TPSA) is 439 Å². The van der Waals surface area contributed by atoms with E-state index in [1.54, 1.807) is 12.1 Å². The van der Waals surface area contributed by atoms with Gasteiger partial charge in [0.2, 0.25) is 28.1 Å². The number of carbonyl (C=O) groups excluding carboxylic acids is 4. The van der Waals surface area contributed by atoms with Gasteiger partial charge >= 0.3 is 0 Å². The first kappa shape index (κ1) is 64.5. The predicted molar refractivity (Wildman–Crippen MR) is 260 cm³/mol. The Hall–Kier alpha value is -4.31. The molecule has 442 valence electrons. The molecule has 4 saturated heterocycles. The maximum Gasteiger partial charge on any atom is 0.251 e. The molecule has 78 heavy (non-hydrogen) atoms. The van der Waals surface area contributed by atoms with Crippen molar-refractivity contribution >= 4 is 34.0 Å². The summed E-state index contributed by atoms with van der Waals surface area (Å²) in [6, 6.07) is -0.788. The van der Waals surface area contributed by atoms with Gasteiger partial charge in [0.15, 0.2) is 25.2 Å². The number of rotatable bonds is 25. The Morgan fingerprint density at radius 1 is 0.603 bits per heavy atom. The summed E-state index contributed by atoms with van der Waals surface area (Å²) >= 11 is 0. The molecule has 4 amide bonds. The van der Waals surface area contributed by atoms with Crippen LogP contribution in [0.5, 0.6) is 5.75 Å². The minimum absolute atomic E-state index is 0.0426. The molecule has 30 heteroatoms. The quantitative estimate of drug-likeness (QED) is 0.0188. The minimum Gasteiger partial charge on any atom is -0.726 e. The van der Waals surface area contributed by atoms with Gasteiger partial charge in [-0.2, -0.15) is 0 Å². The summed E-state index contributed by atoms with van der Waals surface area (Å²) in [5, 5.41) is 109. The maximum atomic E-state index is 13.8. The van der Waals surface area contributed by atoms with Gasteiger partial charge in [0, 0.05) is 39.2 Å². The van der Waals surface area contributed by atoms with Crippen LogP contribution in [-0.2, 0) is 62.1 Å². The normalized spacial score (nSPS) is 35.1. The summed E-state index contributed by atoms with van der Waals surface area (Å²) in [6.45, 7) is 1.41. The number of unbranched alkanes of at least 4 members (excludes halogenated alkanes) is 5. The standard InChI is InChI=1S/C48H74N4O25S/c1-5-6-7-8-9-10-11-12-13-17-69-27-16-14-15-26(18-27)44(64)52-33-37(60)36(59)28(19-53)72-46(33)75-41-29(20-54)73-47(34(39(41)62)50-24(3)57)76-42-30(21-55)74-48(35(40(42)63)51-25(4)58)77-43-31(22-70-78(66,67)68)71-45(65)32(38(43)61)49-23(2)56/h14-16,18,28-43,45-48,53-55,59-63,65H,5-9,12-13,17,19-22H2,1-4H3,(H,49,56)(H,50,57)(H,51,58)(H,52,64)(H,66,67,68)/p-1/t28?,29-,30?,31-,32?,33?,34?,35?,36+,37-,38?,39?,40-,41-,42+,43-,45?,46+,47-,48+/m1/s1. The van der Waals surface area contributed by atoms with E-state index in [0.717, 1.165) is 46.5 Å². The molecule has 1 aromatic carbocycles. The number of aliphatic hydroxyl groups excluding tert-OH is 9. The molecule has 20 atom stereocenters. The molecule has 1 aromatic rings. The van der Waals surface area contributed by atoms with Gasteiger partial charge in [0.1, 0.15) is 103 Å². The number of hydrogen-bond donors (Lipinski definition) is 13. The van der Waals surface area contributed by atoms with Crippen molar-refractivity contribution in [1.82, 2.24) is 21.3 Å². The SMILES string of the molecule is CCCCCCC#CCCCOc1cccc(C(=O)NC2[C@H](O[C@H]3C(O)C(NC(C)=O)[C@@H](O[C@H]4C(CO)O[C@@H](O[C@H]5C(O)C(NC(C)=O)C(O)O[C@@H]5COS(=O)(=O)[O-])C(NC(C)=O)[C@H]4O)O[C@@H]3CO)OC(CO)[C@H](O)[C@@H]2O)c1. The summed E-state index contributed by atoms with van der Waals surface area (Å²) in [4.78, 5) is 51.1. The van der Waals surface area contributed by atoms with Gasteiger partial charge in [-0.25, -0.2) is 8.42 Å². The average Bonchev–Trinajstić information content (AvgIpc) is 3.47. The van der Waals surface area contributed by atoms with Gasteiger partial charge in [-0.3, -0.25) is 23.4 Å².